The first-order chi connectivity index (χ1) is 15.8. The predicted octanol–water partition coefficient (Wildman–Crippen LogP) is 2.91. The van der Waals surface area contributed by atoms with Gasteiger partial charge < -0.3 is 10.1 Å². The van der Waals surface area contributed by atoms with Crippen molar-refractivity contribution in [3.05, 3.63) is 50.2 Å². The number of nitrogens with zero attached hydrogens (tertiary/aromatic N) is 1. The van der Waals surface area contributed by atoms with E-state index in [0.717, 1.165) is 21.9 Å². The number of imide groups is 1. The van der Waals surface area contributed by atoms with E-state index >= 15 is 0 Å². The molecule has 10 heteroatoms. The number of aliphatic carboxylic acids is 1. The zero-order chi connectivity index (χ0) is 23.0. The Labute approximate surface area is 196 Å². The van der Waals surface area contributed by atoms with Crippen molar-refractivity contribution in [1.82, 2.24) is 9.88 Å². The van der Waals surface area contributed by atoms with Gasteiger partial charge in [-0.15, -0.1) is 11.8 Å². The van der Waals surface area contributed by atoms with Gasteiger partial charge in [-0.25, -0.2) is 4.39 Å². The van der Waals surface area contributed by atoms with Gasteiger partial charge in [0.25, 0.3) is 0 Å². The molecular weight excluding hydrogens is 467 g/mol. The van der Waals surface area contributed by atoms with Gasteiger partial charge in [-0.3, -0.25) is 24.1 Å². The number of thioether (sulfide) groups is 1. The summed E-state index contributed by atoms with van der Waals surface area (Å²) < 4.78 is 13.7. The fourth-order valence-corrected chi connectivity index (χ4v) is 9.62. The number of aromatic nitrogens is 1. The first kappa shape index (κ1) is 21.1. The number of aromatic amines is 1. The summed E-state index contributed by atoms with van der Waals surface area (Å²) in [5.41, 5.74) is 0.919. The molecule has 2 aliphatic heterocycles. The first-order valence-corrected chi connectivity index (χ1v) is 12.8. The second-order valence-electron chi connectivity index (χ2n) is 9.34. The molecule has 2 saturated carbocycles. The molecule has 2 aromatic rings. The van der Waals surface area contributed by atoms with Gasteiger partial charge in [0.15, 0.2) is 0 Å². The third kappa shape index (κ3) is 3.06. The molecule has 7 atom stereocenters. The second kappa shape index (κ2) is 7.53. The summed E-state index contributed by atoms with van der Waals surface area (Å²) in [5, 5.41) is 9.82. The van der Waals surface area contributed by atoms with Crippen molar-refractivity contribution in [2.24, 2.45) is 29.6 Å². The molecule has 2 bridgehead atoms. The molecule has 0 spiro atoms. The first-order valence-electron chi connectivity index (χ1n) is 11.1. The van der Waals surface area contributed by atoms with Crippen molar-refractivity contribution in [1.29, 1.82) is 0 Å². The third-order valence-electron chi connectivity index (χ3n) is 7.82. The molecule has 7 nitrogen and oxygen atoms in total. The maximum atomic E-state index is 13.7. The number of amides is 2. The summed E-state index contributed by atoms with van der Waals surface area (Å²) in [4.78, 5) is 54.7. The van der Waals surface area contributed by atoms with Crippen LogP contribution < -0.4 is 4.87 Å². The summed E-state index contributed by atoms with van der Waals surface area (Å²) >= 11 is 2.78. The molecule has 172 valence electrons. The van der Waals surface area contributed by atoms with E-state index in [1.165, 1.54) is 28.4 Å². The minimum Gasteiger partial charge on any atom is -0.481 e. The highest BCUT2D eigenvalue weighted by Gasteiger charge is 2.69. The number of hydrogen-bond acceptors (Lipinski definition) is 6. The fraction of sp³-hybridized carbons (Fsp3) is 0.478. The van der Waals surface area contributed by atoms with Crippen molar-refractivity contribution in [3.63, 3.8) is 0 Å². The minimum atomic E-state index is -0.945. The molecule has 2 amide bonds. The Morgan fingerprint density at radius 2 is 1.82 bits per heavy atom. The molecule has 3 heterocycles. The number of fused-ring (bicyclic) bond motifs is 9. The van der Waals surface area contributed by atoms with Crippen molar-refractivity contribution in [3.8, 4) is 0 Å². The van der Waals surface area contributed by atoms with E-state index in [9.17, 15) is 23.6 Å². The lowest BCUT2D eigenvalue weighted by molar-refractivity contribution is -0.142. The number of thiazole rings is 1. The second-order valence-corrected chi connectivity index (χ2v) is 11.5. The Bertz CT molecular complexity index is 1220. The Kier molecular flexibility index (Phi) is 4.81. The van der Waals surface area contributed by atoms with Gasteiger partial charge in [-0.1, -0.05) is 23.5 Å². The largest absolute Gasteiger partial charge is 0.481 e. The molecule has 2 aliphatic carbocycles. The SMILES string of the molecule is O=C(O)CCCN1C(=O)[C@@H]2[C@@H]3C[C@@H]([C@H]4Sc5[nH]c(=O)sc5[C@@H](c5ccc(F)cc5)[C@H]34)[C@@H]2C1=O. The molecule has 0 unspecified atom stereocenters. The molecule has 3 fully saturated rings. The van der Waals surface area contributed by atoms with Crippen LogP contribution in [0.15, 0.2) is 34.1 Å². The zero-order valence-corrected chi connectivity index (χ0v) is 19.0. The quantitative estimate of drug-likeness (QED) is 0.627. The monoisotopic (exact) mass is 488 g/mol. The van der Waals surface area contributed by atoms with E-state index in [-0.39, 0.29) is 76.7 Å². The number of carbonyl (C=O) groups is 3. The van der Waals surface area contributed by atoms with E-state index in [1.807, 2.05) is 0 Å². The van der Waals surface area contributed by atoms with Crippen LogP contribution in [-0.4, -0.2) is 44.6 Å². The fourth-order valence-electron chi connectivity index (χ4n) is 6.73. The van der Waals surface area contributed by atoms with E-state index < -0.39 is 11.9 Å². The topological polar surface area (TPSA) is 108 Å². The lowest BCUT2D eigenvalue weighted by Crippen LogP contribution is -2.42. The lowest BCUT2D eigenvalue weighted by atomic mass is 9.68. The van der Waals surface area contributed by atoms with Crippen LogP contribution in [-0.2, 0) is 14.4 Å². The average molecular weight is 489 g/mol. The number of H-pyrrole nitrogens is 1. The van der Waals surface area contributed by atoms with E-state index in [2.05, 4.69) is 4.98 Å². The predicted molar refractivity (Wildman–Crippen MR) is 118 cm³/mol. The third-order valence-corrected chi connectivity index (χ3v) is 10.4. The molecule has 33 heavy (non-hydrogen) atoms. The van der Waals surface area contributed by atoms with Gasteiger partial charge in [-0.05, 0) is 48.3 Å². The van der Waals surface area contributed by atoms with Crippen molar-refractivity contribution < 1.29 is 23.9 Å². The number of likely N-dealkylation sites (tertiary alicyclic amines) is 1. The van der Waals surface area contributed by atoms with E-state index in [1.54, 1.807) is 23.9 Å². The number of carboxylic acids is 1. The molecule has 0 radical (unpaired) electrons. The summed E-state index contributed by atoms with van der Waals surface area (Å²) in [7, 11) is 0. The zero-order valence-electron chi connectivity index (χ0n) is 17.4. The Hall–Kier alpha value is -2.46. The maximum Gasteiger partial charge on any atom is 0.305 e. The summed E-state index contributed by atoms with van der Waals surface area (Å²) in [6.07, 6.45) is 0.954. The highest BCUT2D eigenvalue weighted by Crippen LogP contribution is 2.68. The molecule has 4 aliphatic rings. The van der Waals surface area contributed by atoms with Crippen LogP contribution in [0.5, 0.6) is 0 Å². The lowest BCUT2D eigenvalue weighted by Gasteiger charge is -2.43. The van der Waals surface area contributed by atoms with E-state index in [0.29, 0.717) is 0 Å². The highest BCUT2D eigenvalue weighted by atomic mass is 32.2. The van der Waals surface area contributed by atoms with Gasteiger partial charge in [0.1, 0.15) is 5.82 Å². The van der Waals surface area contributed by atoms with Gasteiger partial charge in [0, 0.05) is 29.0 Å². The summed E-state index contributed by atoms with van der Waals surface area (Å²) in [6, 6.07) is 6.35. The number of rotatable bonds is 5. The number of benzene rings is 1. The van der Waals surface area contributed by atoms with Crippen LogP contribution in [0, 0.1) is 35.4 Å². The maximum absolute atomic E-state index is 13.7. The van der Waals surface area contributed by atoms with Crippen LogP contribution >= 0.6 is 23.1 Å². The van der Waals surface area contributed by atoms with Crippen LogP contribution in [0.4, 0.5) is 4.39 Å². The number of halogens is 1. The highest BCUT2D eigenvalue weighted by molar-refractivity contribution is 8.00. The average Bonchev–Trinajstić information content (AvgIpc) is 3.49. The normalized spacial score (nSPS) is 33.8. The molecular formula is C23H21FN2O5S2. The van der Waals surface area contributed by atoms with Crippen LogP contribution in [0.2, 0.25) is 0 Å². The van der Waals surface area contributed by atoms with Gasteiger partial charge >= 0.3 is 10.8 Å². The van der Waals surface area contributed by atoms with Crippen LogP contribution in [0.25, 0.3) is 0 Å². The van der Waals surface area contributed by atoms with Crippen LogP contribution in [0.3, 0.4) is 0 Å². The number of carbonyl (C=O) groups excluding carboxylic acids is 2. The van der Waals surface area contributed by atoms with Gasteiger partial charge in [0.2, 0.25) is 11.8 Å². The molecule has 1 aromatic carbocycles. The van der Waals surface area contributed by atoms with Crippen LogP contribution in [0.1, 0.15) is 35.6 Å². The number of carboxylic acid groups (broad SMARTS) is 1. The Balaban J connectivity index is 1.37. The Morgan fingerprint density at radius 3 is 2.52 bits per heavy atom. The molecule has 1 aromatic heterocycles. The van der Waals surface area contributed by atoms with E-state index in [4.69, 9.17) is 5.11 Å². The van der Waals surface area contributed by atoms with Crippen molar-refractivity contribution >= 4 is 40.9 Å². The smallest absolute Gasteiger partial charge is 0.305 e. The van der Waals surface area contributed by atoms with Crippen molar-refractivity contribution in [2.45, 2.75) is 35.5 Å². The summed E-state index contributed by atoms with van der Waals surface area (Å²) in [6.45, 7) is 0.140. The number of hydrogen-bond donors (Lipinski definition) is 2. The van der Waals surface area contributed by atoms with Gasteiger partial charge in [-0.2, -0.15) is 0 Å². The standard InChI is InChI=1S/C23H21FN2O5S2/c24-10-5-3-9(4-6-10)14-15-11-8-12(18(15)32-20-19(14)33-23(31)25-20)17-16(11)21(29)26(22(17)30)7-1-2-13(27)28/h3-6,11-12,14-18H,1-2,7-8H2,(H,25,31)(H,27,28)/t11-,12-,14+,15+,16-,17+,18-/m1/s1. The molecule has 2 N–H and O–H groups in total. The number of nitrogens with one attached hydrogen (secondary N) is 1. The minimum absolute atomic E-state index is 0.00108. The molecule has 1 saturated heterocycles. The van der Waals surface area contributed by atoms with Crippen molar-refractivity contribution in [2.75, 3.05) is 6.54 Å². The molecule has 6 rings (SSSR count). The van der Waals surface area contributed by atoms with Gasteiger partial charge in [0.05, 0.1) is 16.9 Å². The Morgan fingerprint density at radius 1 is 1.12 bits per heavy atom. The summed E-state index contributed by atoms with van der Waals surface area (Å²) in [5.74, 6) is -2.44.